The zero-order chi connectivity index (χ0) is 33.3. The number of allylic oxidation sites excluding steroid dienone is 5. The van der Waals surface area contributed by atoms with Crippen LogP contribution in [0.1, 0.15) is 22.9 Å². The molecule has 0 spiro atoms. The molecular formula is C46H33N3S. The predicted octanol–water partition coefficient (Wildman–Crippen LogP) is 11.6. The van der Waals surface area contributed by atoms with E-state index in [1.807, 2.05) is 18.2 Å². The third-order valence-electron chi connectivity index (χ3n) is 9.53. The number of hydrogen-bond donors (Lipinski definition) is 0. The summed E-state index contributed by atoms with van der Waals surface area (Å²) in [6.07, 6.45) is 8.71. The zero-order valence-electron chi connectivity index (χ0n) is 27.3. The summed E-state index contributed by atoms with van der Waals surface area (Å²) in [6.45, 7) is 0. The molecule has 0 fully saturated rings. The average Bonchev–Trinajstić information content (AvgIpc) is 3.54. The first-order chi connectivity index (χ1) is 24.8. The van der Waals surface area contributed by atoms with Crippen LogP contribution in [0.25, 0.3) is 28.3 Å². The predicted molar refractivity (Wildman–Crippen MR) is 204 cm³/mol. The highest BCUT2D eigenvalue weighted by atomic mass is 32.3. The molecule has 2 aliphatic carbocycles. The lowest BCUT2D eigenvalue weighted by Crippen LogP contribution is -2.06. The minimum atomic E-state index is -1.80. The normalized spacial score (nSPS) is 15.1. The maximum atomic E-state index is 5.24. The zero-order valence-corrected chi connectivity index (χ0v) is 28.1. The fourth-order valence-electron chi connectivity index (χ4n) is 7.28. The second kappa shape index (κ2) is 12.7. The smallest absolute Gasteiger partial charge is 0.165 e. The maximum absolute atomic E-state index is 5.24. The molecule has 6 aromatic carbocycles. The highest BCUT2D eigenvalue weighted by Gasteiger charge is 2.34. The standard InChI is InChI=1S/C46H33N3S/c1-5-17-33(18-6-1)44-47-45(49-46(48-44)43-41-27-15-13-25-39(41)40-26-14-16-28-42(40)43)34-29-31-38(32-30-34)50(35-19-7-2-8-20-35,36-21-9-3-10-22-36)37-23-11-4-12-24-37/h1-32,39H. The van der Waals surface area contributed by atoms with Gasteiger partial charge in [-0.3, -0.25) is 0 Å². The minimum Gasteiger partial charge on any atom is -0.208 e. The lowest BCUT2D eigenvalue weighted by Gasteiger charge is -2.42. The molecule has 0 saturated carbocycles. The fraction of sp³-hybridized carbons (Fsp3) is 0.0217. The first-order valence-corrected chi connectivity index (χ1v) is 18.5. The monoisotopic (exact) mass is 659 g/mol. The van der Waals surface area contributed by atoms with Gasteiger partial charge in [0.05, 0.1) is 0 Å². The van der Waals surface area contributed by atoms with Gasteiger partial charge in [0.15, 0.2) is 17.5 Å². The van der Waals surface area contributed by atoms with Crippen molar-refractivity contribution in [2.24, 2.45) is 0 Å². The van der Waals surface area contributed by atoms with Gasteiger partial charge in [-0.2, -0.15) is 0 Å². The number of rotatable bonds is 7. The lowest BCUT2D eigenvalue weighted by molar-refractivity contribution is 1.03. The van der Waals surface area contributed by atoms with Gasteiger partial charge >= 0.3 is 0 Å². The van der Waals surface area contributed by atoms with Crippen molar-refractivity contribution in [2.45, 2.75) is 25.5 Å². The Morgan fingerprint density at radius 3 is 1.44 bits per heavy atom. The molecular weight excluding hydrogens is 627 g/mol. The summed E-state index contributed by atoms with van der Waals surface area (Å²) >= 11 is 0. The fourth-order valence-corrected chi connectivity index (χ4v) is 11.2. The molecule has 0 radical (unpaired) electrons. The Hall–Kier alpha value is -6.10. The van der Waals surface area contributed by atoms with E-state index in [4.69, 9.17) is 15.0 Å². The van der Waals surface area contributed by atoms with E-state index in [-0.39, 0.29) is 5.92 Å². The molecule has 0 amide bonds. The highest BCUT2D eigenvalue weighted by molar-refractivity contribution is 8.34. The molecule has 1 aromatic heterocycles. The Kier molecular flexibility index (Phi) is 7.64. The molecule has 9 rings (SSSR count). The van der Waals surface area contributed by atoms with Crippen molar-refractivity contribution in [1.82, 2.24) is 15.0 Å². The Bertz CT molecular complexity index is 2300. The van der Waals surface area contributed by atoms with Crippen molar-refractivity contribution in [3.8, 4) is 22.8 Å². The van der Waals surface area contributed by atoms with E-state index < -0.39 is 10.0 Å². The number of benzene rings is 6. The number of hydrogen-bond acceptors (Lipinski definition) is 3. The van der Waals surface area contributed by atoms with E-state index in [0.29, 0.717) is 17.5 Å². The van der Waals surface area contributed by atoms with Crippen LogP contribution in [0.15, 0.2) is 219 Å². The summed E-state index contributed by atoms with van der Waals surface area (Å²) in [7, 11) is -1.80. The summed E-state index contributed by atoms with van der Waals surface area (Å²) in [6, 6.07) is 60.5. The van der Waals surface area contributed by atoms with Crippen LogP contribution in [-0.4, -0.2) is 15.0 Å². The second-order valence-electron chi connectivity index (χ2n) is 12.4. The first-order valence-electron chi connectivity index (χ1n) is 16.9. The largest absolute Gasteiger partial charge is 0.208 e. The van der Waals surface area contributed by atoms with Gasteiger partial charge in [0.2, 0.25) is 0 Å². The van der Waals surface area contributed by atoms with Gasteiger partial charge in [0.25, 0.3) is 0 Å². The van der Waals surface area contributed by atoms with E-state index >= 15 is 0 Å². The van der Waals surface area contributed by atoms with E-state index in [1.165, 1.54) is 36.3 Å². The van der Waals surface area contributed by atoms with Crippen LogP contribution in [0.2, 0.25) is 0 Å². The van der Waals surface area contributed by atoms with Gasteiger partial charge < -0.3 is 0 Å². The van der Waals surface area contributed by atoms with Crippen LogP contribution in [0.4, 0.5) is 0 Å². The molecule has 4 heteroatoms. The van der Waals surface area contributed by atoms with Crippen LogP contribution in [0.3, 0.4) is 0 Å². The summed E-state index contributed by atoms with van der Waals surface area (Å²) < 4.78 is 0. The summed E-state index contributed by atoms with van der Waals surface area (Å²) in [5.74, 6) is 2.21. The molecule has 0 saturated heterocycles. The van der Waals surface area contributed by atoms with E-state index in [1.54, 1.807) is 0 Å². The van der Waals surface area contributed by atoms with Gasteiger partial charge in [-0.15, -0.1) is 10.0 Å². The van der Waals surface area contributed by atoms with E-state index in [2.05, 4.69) is 176 Å². The molecule has 0 bridgehead atoms. The van der Waals surface area contributed by atoms with E-state index in [0.717, 1.165) is 16.7 Å². The van der Waals surface area contributed by atoms with Crippen LogP contribution in [-0.2, 0) is 0 Å². The summed E-state index contributed by atoms with van der Waals surface area (Å²) in [5, 5.41) is 0. The van der Waals surface area contributed by atoms with Gasteiger partial charge in [-0.05, 0) is 65.2 Å². The number of aromatic nitrogens is 3. The van der Waals surface area contributed by atoms with Crippen molar-refractivity contribution in [3.05, 3.63) is 217 Å². The van der Waals surface area contributed by atoms with Gasteiger partial charge in [0, 0.05) is 42.2 Å². The van der Waals surface area contributed by atoms with Crippen LogP contribution < -0.4 is 0 Å². The molecule has 50 heavy (non-hydrogen) atoms. The SMILES string of the molecule is C1=CC2=C(c3nc(-c4ccccc4)nc(-c4ccc(S(c5ccccc5)(c5ccccc5)c5ccccc5)cc4)n3)c3ccccc3C2C=C1. The van der Waals surface area contributed by atoms with Crippen molar-refractivity contribution in [2.75, 3.05) is 0 Å². The van der Waals surface area contributed by atoms with Gasteiger partial charge in [-0.25, -0.2) is 15.0 Å². The molecule has 1 unspecified atom stereocenters. The molecule has 0 aliphatic heterocycles. The van der Waals surface area contributed by atoms with Crippen molar-refractivity contribution in [3.63, 3.8) is 0 Å². The Morgan fingerprint density at radius 1 is 0.400 bits per heavy atom. The Morgan fingerprint density at radius 2 is 0.860 bits per heavy atom. The molecule has 0 N–H and O–H groups in total. The van der Waals surface area contributed by atoms with Gasteiger partial charge in [0.1, 0.15) is 0 Å². The van der Waals surface area contributed by atoms with Crippen LogP contribution >= 0.6 is 10.0 Å². The molecule has 7 aromatic rings. The van der Waals surface area contributed by atoms with E-state index in [9.17, 15) is 0 Å². The van der Waals surface area contributed by atoms with Crippen LogP contribution in [0, 0.1) is 0 Å². The molecule has 3 nitrogen and oxygen atoms in total. The first kappa shape index (κ1) is 30.0. The molecule has 2 aliphatic rings. The molecule has 238 valence electrons. The topological polar surface area (TPSA) is 38.7 Å². The third kappa shape index (κ3) is 5.04. The Labute approximate surface area is 294 Å². The second-order valence-corrected chi connectivity index (χ2v) is 15.5. The summed E-state index contributed by atoms with van der Waals surface area (Å²) in [5.41, 5.74) is 6.67. The lowest BCUT2D eigenvalue weighted by atomic mass is 9.92. The van der Waals surface area contributed by atoms with Crippen LogP contribution in [0.5, 0.6) is 0 Å². The van der Waals surface area contributed by atoms with Crippen molar-refractivity contribution >= 4 is 15.6 Å². The summed E-state index contributed by atoms with van der Waals surface area (Å²) in [4.78, 5) is 20.6. The highest BCUT2D eigenvalue weighted by Crippen LogP contribution is 2.73. The van der Waals surface area contributed by atoms with Crippen molar-refractivity contribution < 1.29 is 0 Å². The number of nitrogens with zero attached hydrogens (tertiary/aromatic N) is 3. The minimum absolute atomic E-state index is 0.191. The molecule has 1 heterocycles. The van der Waals surface area contributed by atoms with Gasteiger partial charge in [-0.1, -0.05) is 146 Å². The average molecular weight is 660 g/mol. The number of fused-ring (bicyclic) bond motifs is 3. The molecule has 1 atom stereocenters. The van der Waals surface area contributed by atoms with Crippen molar-refractivity contribution in [1.29, 1.82) is 0 Å². The quantitative estimate of drug-likeness (QED) is 0.171. The third-order valence-corrected chi connectivity index (χ3v) is 13.4. The maximum Gasteiger partial charge on any atom is 0.165 e. The Balaban J connectivity index is 1.24.